The van der Waals surface area contributed by atoms with Gasteiger partial charge >= 0.3 is 12.0 Å². The molecule has 5 nitrogen and oxygen atoms in total. The van der Waals surface area contributed by atoms with Gasteiger partial charge in [0.15, 0.2) is 0 Å². The third-order valence-corrected chi connectivity index (χ3v) is 2.88. The second kappa shape index (κ2) is 5.90. The number of aliphatic carboxylic acids is 1. The van der Waals surface area contributed by atoms with E-state index in [2.05, 4.69) is 5.32 Å². The van der Waals surface area contributed by atoms with Crippen molar-refractivity contribution in [1.82, 2.24) is 5.32 Å². The minimum atomic E-state index is -1.11. The summed E-state index contributed by atoms with van der Waals surface area (Å²) in [5.41, 5.74) is -0.287. The first-order valence-electron chi connectivity index (χ1n) is 6.15. The van der Waals surface area contributed by atoms with E-state index in [4.69, 9.17) is 5.11 Å². The maximum atomic E-state index is 13.1. The van der Waals surface area contributed by atoms with Crippen LogP contribution in [0.25, 0.3) is 0 Å². The minimum Gasteiger partial charge on any atom is -0.480 e. The molecule has 0 fully saturated rings. The number of halogens is 1. The summed E-state index contributed by atoms with van der Waals surface area (Å²) in [7, 11) is 1.45. The first kappa shape index (κ1) is 15.9. The summed E-state index contributed by atoms with van der Waals surface area (Å²) < 4.78 is 13.1. The van der Waals surface area contributed by atoms with Crippen LogP contribution in [0.3, 0.4) is 0 Å². The molecule has 1 rings (SSSR count). The van der Waals surface area contributed by atoms with Crippen molar-refractivity contribution in [3.63, 3.8) is 0 Å². The molecule has 0 aliphatic carbocycles. The lowest BCUT2D eigenvalue weighted by atomic mass is 9.87. The number of carbonyl (C=O) groups excluding carboxylic acids is 1. The van der Waals surface area contributed by atoms with Crippen LogP contribution in [0.4, 0.5) is 14.9 Å². The molecule has 0 saturated heterocycles. The van der Waals surface area contributed by atoms with E-state index < -0.39 is 29.3 Å². The molecule has 1 atom stereocenters. The molecule has 20 heavy (non-hydrogen) atoms. The minimum absolute atomic E-state index is 0.348. The number of nitrogens with one attached hydrogen (secondary N) is 1. The Bertz CT molecular complexity index is 511. The van der Waals surface area contributed by atoms with Gasteiger partial charge in [0.05, 0.1) is 0 Å². The fourth-order valence-corrected chi connectivity index (χ4v) is 1.67. The molecule has 6 heteroatoms. The second-order valence-corrected chi connectivity index (χ2v) is 5.63. The van der Waals surface area contributed by atoms with Gasteiger partial charge in [0.2, 0.25) is 0 Å². The van der Waals surface area contributed by atoms with Gasteiger partial charge in [-0.25, -0.2) is 14.0 Å². The number of hydrogen-bond acceptors (Lipinski definition) is 2. The van der Waals surface area contributed by atoms with Crippen LogP contribution in [-0.4, -0.2) is 30.2 Å². The molecule has 0 aromatic heterocycles. The van der Waals surface area contributed by atoms with Crippen molar-refractivity contribution < 1.29 is 19.1 Å². The van der Waals surface area contributed by atoms with Crippen LogP contribution >= 0.6 is 0 Å². The first-order valence-corrected chi connectivity index (χ1v) is 6.15. The highest BCUT2D eigenvalue weighted by molar-refractivity contribution is 5.94. The van der Waals surface area contributed by atoms with Crippen LogP contribution < -0.4 is 10.2 Å². The number of amides is 2. The number of hydrogen-bond donors (Lipinski definition) is 2. The number of carboxylic acid groups (broad SMARTS) is 1. The number of urea groups is 1. The summed E-state index contributed by atoms with van der Waals surface area (Å²) in [6.45, 7) is 5.15. The van der Waals surface area contributed by atoms with Crippen molar-refractivity contribution in [2.45, 2.75) is 26.8 Å². The molecule has 0 bridgehead atoms. The van der Waals surface area contributed by atoms with Gasteiger partial charge in [-0.1, -0.05) is 26.8 Å². The van der Waals surface area contributed by atoms with E-state index >= 15 is 0 Å². The van der Waals surface area contributed by atoms with Crippen molar-refractivity contribution in [3.8, 4) is 0 Å². The average molecular weight is 282 g/mol. The standard InChI is InChI=1S/C14H19FN2O3/c1-14(2,3)11(12(18)19)16-13(20)17(4)10-7-5-6-9(15)8-10/h5-8,11H,1-4H3,(H,16,20)(H,18,19)/t11-/m0/s1. The van der Waals surface area contributed by atoms with Gasteiger partial charge in [0.25, 0.3) is 0 Å². The normalized spacial score (nSPS) is 12.7. The lowest BCUT2D eigenvalue weighted by molar-refractivity contribution is -0.141. The monoisotopic (exact) mass is 282 g/mol. The molecule has 0 heterocycles. The van der Waals surface area contributed by atoms with Gasteiger partial charge in [0, 0.05) is 12.7 Å². The fraction of sp³-hybridized carbons (Fsp3) is 0.429. The van der Waals surface area contributed by atoms with Crippen LogP contribution in [0, 0.1) is 11.2 Å². The van der Waals surface area contributed by atoms with Crippen molar-refractivity contribution >= 4 is 17.7 Å². The maximum Gasteiger partial charge on any atom is 0.326 e. The fourth-order valence-electron chi connectivity index (χ4n) is 1.67. The highest BCUT2D eigenvalue weighted by atomic mass is 19.1. The molecule has 2 N–H and O–H groups in total. The predicted octanol–water partition coefficient (Wildman–Crippen LogP) is 2.47. The Morgan fingerprint density at radius 2 is 1.95 bits per heavy atom. The average Bonchev–Trinajstić information content (AvgIpc) is 2.32. The molecule has 0 radical (unpaired) electrons. The lowest BCUT2D eigenvalue weighted by Crippen LogP contribution is -2.52. The van der Waals surface area contributed by atoms with Gasteiger partial charge in [0.1, 0.15) is 11.9 Å². The smallest absolute Gasteiger partial charge is 0.326 e. The third-order valence-electron chi connectivity index (χ3n) is 2.88. The Balaban J connectivity index is 2.87. The highest BCUT2D eigenvalue weighted by Crippen LogP contribution is 2.20. The Morgan fingerprint density at radius 1 is 1.35 bits per heavy atom. The number of carbonyl (C=O) groups is 2. The SMILES string of the molecule is CN(C(=O)N[C@@H](C(=O)O)C(C)(C)C)c1cccc(F)c1. The summed E-state index contributed by atoms with van der Waals surface area (Å²) in [6, 6.07) is 3.88. The molecular formula is C14H19FN2O3. The summed E-state index contributed by atoms with van der Waals surface area (Å²) >= 11 is 0. The van der Waals surface area contributed by atoms with Crippen LogP contribution in [0.1, 0.15) is 20.8 Å². The molecule has 2 amide bonds. The van der Waals surface area contributed by atoms with E-state index in [-0.39, 0.29) is 0 Å². The second-order valence-electron chi connectivity index (χ2n) is 5.63. The Hall–Kier alpha value is -2.11. The van der Waals surface area contributed by atoms with Crippen LogP contribution in [0.15, 0.2) is 24.3 Å². The van der Waals surface area contributed by atoms with Gasteiger partial charge in [-0.3, -0.25) is 4.90 Å². The molecule has 110 valence electrons. The topological polar surface area (TPSA) is 69.6 Å². The molecule has 0 spiro atoms. The molecular weight excluding hydrogens is 263 g/mol. The molecule has 0 aliphatic rings. The van der Waals surface area contributed by atoms with Gasteiger partial charge < -0.3 is 10.4 Å². The Morgan fingerprint density at radius 3 is 2.40 bits per heavy atom. The molecule has 0 saturated carbocycles. The Labute approximate surface area is 117 Å². The summed E-state index contributed by atoms with van der Waals surface area (Å²) in [6.07, 6.45) is 0. The number of rotatable bonds is 3. The maximum absolute atomic E-state index is 13.1. The van der Waals surface area contributed by atoms with Crippen molar-refractivity contribution in [2.24, 2.45) is 5.41 Å². The molecule has 1 aromatic rings. The van der Waals surface area contributed by atoms with E-state index in [0.29, 0.717) is 5.69 Å². The predicted molar refractivity (Wildman–Crippen MR) is 74.2 cm³/mol. The van der Waals surface area contributed by atoms with Crippen LogP contribution in [0.2, 0.25) is 0 Å². The molecule has 0 aliphatic heterocycles. The third kappa shape index (κ3) is 3.94. The van der Waals surface area contributed by atoms with Crippen molar-refractivity contribution in [1.29, 1.82) is 0 Å². The van der Waals surface area contributed by atoms with E-state index in [9.17, 15) is 14.0 Å². The van der Waals surface area contributed by atoms with Crippen LogP contribution in [-0.2, 0) is 4.79 Å². The number of carboxylic acids is 1. The zero-order valence-electron chi connectivity index (χ0n) is 12.0. The Kier molecular flexibility index (Phi) is 4.70. The molecule has 0 unspecified atom stereocenters. The van der Waals surface area contributed by atoms with E-state index in [1.807, 2.05) is 0 Å². The van der Waals surface area contributed by atoms with Crippen molar-refractivity contribution in [2.75, 3.05) is 11.9 Å². The highest BCUT2D eigenvalue weighted by Gasteiger charge is 2.33. The van der Waals surface area contributed by atoms with Gasteiger partial charge in [-0.15, -0.1) is 0 Å². The summed E-state index contributed by atoms with van der Waals surface area (Å²) in [5, 5.41) is 11.6. The van der Waals surface area contributed by atoms with Crippen molar-refractivity contribution in [3.05, 3.63) is 30.1 Å². The van der Waals surface area contributed by atoms with Gasteiger partial charge in [-0.2, -0.15) is 0 Å². The zero-order valence-corrected chi connectivity index (χ0v) is 12.0. The summed E-state index contributed by atoms with van der Waals surface area (Å²) in [4.78, 5) is 24.4. The zero-order chi connectivity index (χ0) is 15.5. The molecule has 1 aromatic carbocycles. The number of nitrogens with zero attached hydrogens (tertiary/aromatic N) is 1. The van der Waals surface area contributed by atoms with Crippen LogP contribution in [0.5, 0.6) is 0 Å². The van der Waals surface area contributed by atoms with E-state index in [1.165, 1.54) is 30.1 Å². The largest absolute Gasteiger partial charge is 0.480 e. The quantitative estimate of drug-likeness (QED) is 0.894. The van der Waals surface area contributed by atoms with E-state index in [1.54, 1.807) is 26.8 Å². The number of anilines is 1. The summed E-state index contributed by atoms with van der Waals surface area (Å²) in [5.74, 6) is -1.58. The number of benzene rings is 1. The first-order chi connectivity index (χ1) is 9.12. The lowest BCUT2D eigenvalue weighted by Gasteiger charge is -2.29. The van der Waals surface area contributed by atoms with E-state index in [0.717, 1.165) is 0 Å². The van der Waals surface area contributed by atoms with Gasteiger partial charge in [-0.05, 0) is 23.6 Å².